The van der Waals surface area contributed by atoms with E-state index in [4.69, 9.17) is 9.47 Å². The summed E-state index contributed by atoms with van der Waals surface area (Å²) in [6.45, 7) is 3.88. The smallest absolute Gasteiger partial charge is 0.319 e. The third-order valence-electron chi connectivity index (χ3n) is 2.95. The number of hydrogen-bond donors (Lipinski definition) is 2. The maximum Gasteiger partial charge on any atom is 0.319 e. The molecule has 1 aliphatic rings. The Balaban J connectivity index is 1.93. The number of halogens is 1. The van der Waals surface area contributed by atoms with E-state index in [2.05, 4.69) is 33.5 Å². The van der Waals surface area contributed by atoms with Gasteiger partial charge in [-0.1, -0.05) is 19.8 Å². The molecule has 20 heavy (non-hydrogen) atoms. The molecule has 0 saturated carbocycles. The Kier molecular flexibility index (Phi) is 5.52. The molecule has 0 atom stereocenters. The zero-order valence-corrected chi connectivity index (χ0v) is 13.1. The van der Waals surface area contributed by atoms with Crippen LogP contribution in [-0.2, 0) is 0 Å². The van der Waals surface area contributed by atoms with Gasteiger partial charge in [-0.3, -0.25) is 0 Å². The molecule has 1 aromatic carbocycles. The van der Waals surface area contributed by atoms with Crippen LogP contribution in [0.4, 0.5) is 10.5 Å². The van der Waals surface area contributed by atoms with E-state index in [1.807, 2.05) is 0 Å². The average molecular weight is 343 g/mol. The first-order chi connectivity index (χ1) is 9.70. The number of benzene rings is 1. The monoisotopic (exact) mass is 342 g/mol. The lowest BCUT2D eigenvalue weighted by Gasteiger charge is -2.20. The minimum absolute atomic E-state index is 0.210. The lowest BCUT2D eigenvalue weighted by atomic mass is 10.2. The molecule has 1 aliphatic heterocycles. The van der Waals surface area contributed by atoms with Gasteiger partial charge in [0.25, 0.3) is 0 Å². The zero-order valence-electron chi connectivity index (χ0n) is 11.5. The molecule has 0 aromatic heterocycles. The predicted octanol–water partition coefficient (Wildman–Crippen LogP) is 3.53. The van der Waals surface area contributed by atoms with Crippen molar-refractivity contribution in [3.05, 3.63) is 16.6 Å². The number of carbonyl (C=O) groups is 1. The Morgan fingerprint density at radius 1 is 1.25 bits per heavy atom. The van der Waals surface area contributed by atoms with Gasteiger partial charge in [0.05, 0.1) is 5.69 Å². The summed E-state index contributed by atoms with van der Waals surface area (Å²) in [7, 11) is 0. The number of anilines is 1. The molecule has 0 aliphatic carbocycles. The minimum atomic E-state index is -0.210. The summed E-state index contributed by atoms with van der Waals surface area (Å²) in [5.74, 6) is 1.35. The van der Waals surface area contributed by atoms with Crippen molar-refractivity contribution in [3.8, 4) is 11.5 Å². The highest BCUT2D eigenvalue weighted by atomic mass is 79.9. The van der Waals surface area contributed by atoms with Gasteiger partial charge in [0, 0.05) is 23.2 Å². The van der Waals surface area contributed by atoms with Crippen LogP contribution in [-0.4, -0.2) is 25.8 Å². The molecular formula is C14H19BrN2O3. The van der Waals surface area contributed by atoms with E-state index >= 15 is 0 Å². The zero-order chi connectivity index (χ0) is 14.4. The van der Waals surface area contributed by atoms with Crippen LogP contribution < -0.4 is 20.1 Å². The van der Waals surface area contributed by atoms with Gasteiger partial charge in [-0.15, -0.1) is 0 Å². The molecule has 2 N–H and O–H groups in total. The van der Waals surface area contributed by atoms with E-state index < -0.39 is 0 Å². The van der Waals surface area contributed by atoms with E-state index in [0.29, 0.717) is 36.9 Å². The van der Waals surface area contributed by atoms with Crippen LogP contribution in [0.3, 0.4) is 0 Å². The molecule has 5 nitrogen and oxygen atoms in total. The first-order valence-corrected chi connectivity index (χ1v) is 7.64. The molecule has 2 rings (SSSR count). The maximum absolute atomic E-state index is 11.8. The third-order valence-corrected chi connectivity index (χ3v) is 3.60. The number of ether oxygens (including phenoxy) is 2. The first-order valence-electron chi connectivity index (χ1n) is 6.84. The fraction of sp³-hybridized carbons (Fsp3) is 0.500. The number of amides is 2. The van der Waals surface area contributed by atoms with Crippen LogP contribution >= 0.6 is 15.9 Å². The normalized spacial score (nSPS) is 12.9. The molecule has 0 saturated heterocycles. The molecule has 6 heteroatoms. The summed E-state index contributed by atoms with van der Waals surface area (Å²) in [5.41, 5.74) is 0.669. The summed E-state index contributed by atoms with van der Waals surface area (Å²) < 4.78 is 11.7. The van der Waals surface area contributed by atoms with Gasteiger partial charge < -0.3 is 20.1 Å². The molecule has 1 heterocycles. The van der Waals surface area contributed by atoms with Gasteiger partial charge in [-0.25, -0.2) is 4.79 Å². The lowest BCUT2D eigenvalue weighted by Crippen LogP contribution is -2.29. The fourth-order valence-corrected chi connectivity index (χ4v) is 2.32. The van der Waals surface area contributed by atoms with Crippen molar-refractivity contribution in [1.29, 1.82) is 0 Å². The Hall–Kier alpha value is -1.43. The van der Waals surface area contributed by atoms with Crippen molar-refractivity contribution < 1.29 is 14.3 Å². The van der Waals surface area contributed by atoms with Crippen molar-refractivity contribution in [3.63, 3.8) is 0 Å². The van der Waals surface area contributed by atoms with Crippen LogP contribution in [0.15, 0.2) is 16.6 Å². The molecule has 2 amide bonds. The molecule has 0 unspecified atom stereocenters. The molecule has 1 aromatic rings. The van der Waals surface area contributed by atoms with Gasteiger partial charge in [-0.2, -0.15) is 0 Å². The van der Waals surface area contributed by atoms with Gasteiger partial charge in [0.2, 0.25) is 0 Å². The molecule has 0 bridgehead atoms. The largest absolute Gasteiger partial charge is 0.486 e. The van der Waals surface area contributed by atoms with E-state index in [-0.39, 0.29) is 6.03 Å². The number of hydrogen-bond acceptors (Lipinski definition) is 3. The van der Waals surface area contributed by atoms with Crippen molar-refractivity contribution in [1.82, 2.24) is 5.32 Å². The summed E-state index contributed by atoms with van der Waals surface area (Å²) in [6, 6.07) is 3.37. The van der Waals surface area contributed by atoms with Crippen molar-refractivity contribution in [2.45, 2.75) is 26.2 Å². The van der Waals surface area contributed by atoms with Gasteiger partial charge in [-0.05, 0) is 22.4 Å². The van der Waals surface area contributed by atoms with E-state index in [9.17, 15) is 4.79 Å². The highest BCUT2D eigenvalue weighted by Crippen LogP contribution is 2.38. The number of fused-ring (bicyclic) bond motifs is 1. The minimum Gasteiger partial charge on any atom is -0.486 e. The number of carbonyl (C=O) groups excluding carboxylic acids is 1. The Bertz CT molecular complexity index is 480. The topological polar surface area (TPSA) is 59.6 Å². The predicted molar refractivity (Wildman–Crippen MR) is 81.7 cm³/mol. The van der Waals surface area contributed by atoms with Crippen molar-refractivity contribution in [2.24, 2.45) is 0 Å². The standard InChI is InChI=1S/C14H19BrN2O3/c1-2-3-4-5-16-14(18)17-11-9-13-12(8-10(11)15)19-6-7-20-13/h8-9H,2-7H2,1H3,(H2,16,17,18). The molecule has 110 valence electrons. The van der Waals surface area contributed by atoms with Gasteiger partial charge in [0.1, 0.15) is 13.2 Å². The summed E-state index contributed by atoms with van der Waals surface area (Å²) in [5, 5.41) is 5.64. The van der Waals surface area contributed by atoms with Crippen LogP contribution in [0.1, 0.15) is 26.2 Å². The molecule has 0 fully saturated rings. The van der Waals surface area contributed by atoms with Gasteiger partial charge in [0.15, 0.2) is 11.5 Å². The summed E-state index contributed by atoms with van der Waals surface area (Å²) in [6.07, 6.45) is 3.25. The quantitative estimate of drug-likeness (QED) is 0.804. The molecule has 0 radical (unpaired) electrons. The number of urea groups is 1. The highest BCUT2D eigenvalue weighted by molar-refractivity contribution is 9.10. The van der Waals surface area contributed by atoms with Crippen LogP contribution in [0.25, 0.3) is 0 Å². The third kappa shape index (κ3) is 4.03. The van der Waals surface area contributed by atoms with Crippen LogP contribution in [0.5, 0.6) is 11.5 Å². The van der Waals surface area contributed by atoms with Gasteiger partial charge >= 0.3 is 6.03 Å². The van der Waals surface area contributed by atoms with E-state index in [1.165, 1.54) is 0 Å². The Morgan fingerprint density at radius 2 is 1.95 bits per heavy atom. The van der Waals surface area contributed by atoms with E-state index in [0.717, 1.165) is 23.7 Å². The molecular weight excluding hydrogens is 324 g/mol. The number of rotatable bonds is 5. The summed E-state index contributed by atoms with van der Waals surface area (Å²) >= 11 is 3.42. The maximum atomic E-state index is 11.8. The lowest BCUT2D eigenvalue weighted by molar-refractivity contribution is 0.171. The van der Waals surface area contributed by atoms with E-state index in [1.54, 1.807) is 12.1 Å². The average Bonchev–Trinajstić information content (AvgIpc) is 2.44. The van der Waals surface area contributed by atoms with Crippen molar-refractivity contribution in [2.75, 3.05) is 25.1 Å². The fourth-order valence-electron chi connectivity index (χ4n) is 1.90. The number of unbranched alkanes of at least 4 members (excludes halogenated alkanes) is 2. The van der Waals surface area contributed by atoms with Crippen LogP contribution in [0, 0.1) is 0 Å². The van der Waals surface area contributed by atoms with Crippen molar-refractivity contribution >= 4 is 27.6 Å². The molecule has 0 spiro atoms. The van der Waals surface area contributed by atoms with Crippen LogP contribution in [0.2, 0.25) is 0 Å². The SMILES string of the molecule is CCCCCNC(=O)Nc1cc2c(cc1Br)OCCO2. The number of nitrogens with one attached hydrogen (secondary N) is 2. The Labute approximate surface area is 127 Å². The second-order valence-corrected chi connectivity index (χ2v) is 5.42. The second-order valence-electron chi connectivity index (χ2n) is 4.56. The first kappa shape index (κ1) is 15.0. The highest BCUT2D eigenvalue weighted by Gasteiger charge is 2.15. The summed E-state index contributed by atoms with van der Waals surface area (Å²) in [4.78, 5) is 11.8. The Morgan fingerprint density at radius 3 is 2.65 bits per heavy atom. The second kappa shape index (κ2) is 7.38.